The highest BCUT2D eigenvalue weighted by Crippen LogP contribution is 2.25. The van der Waals surface area contributed by atoms with Crippen molar-refractivity contribution < 1.29 is 13.5 Å². The Morgan fingerprint density at radius 3 is 2.86 bits per heavy atom. The summed E-state index contributed by atoms with van der Waals surface area (Å²) in [7, 11) is -3.65. The number of phenolic OH excluding ortho intramolecular Hbond substituents is 1. The minimum Gasteiger partial charge on any atom is -0.508 e. The van der Waals surface area contributed by atoms with E-state index in [-0.39, 0.29) is 10.6 Å². The van der Waals surface area contributed by atoms with E-state index in [1.807, 2.05) is 0 Å². The number of phenols is 1. The van der Waals surface area contributed by atoms with Crippen molar-refractivity contribution in [3.8, 4) is 5.75 Å². The Morgan fingerprint density at radius 2 is 2.07 bits per heavy atom. The summed E-state index contributed by atoms with van der Waals surface area (Å²) < 4.78 is 26.4. The monoisotopic (exact) mass is 209 g/mol. The molecule has 1 N–H and O–H groups in total. The molecule has 72 valence electrons. The second-order valence-electron chi connectivity index (χ2n) is 2.81. The van der Waals surface area contributed by atoms with E-state index >= 15 is 0 Å². The quantitative estimate of drug-likeness (QED) is 0.697. The molecule has 1 aromatic rings. The maximum absolute atomic E-state index is 11.5. The first-order valence-electron chi connectivity index (χ1n) is 3.90. The van der Waals surface area contributed by atoms with Gasteiger partial charge in [-0.25, -0.2) is 0 Å². The zero-order valence-electron chi connectivity index (χ0n) is 7.08. The van der Waals surface area contributed by atoms with Crippen LogP contribution in [-0.2, 0) is 10.0 Å². The standard InChI is InChI=1S/C9H7NO3S/c11-8-4-3-7-2-1-5-10-14(12,13)9(7)6-8/h1-6,11H. The van der Waals surface area contributed by atoms with E-state index in [4.69, 9.17) is 0 Å². The minimum atomic E-state index is -3.65. The van der Waals surface area contributed by atoms with Crippen molar-refractivity contribution in [2.75, 3.05) is 0 Å². The molecule has 0 atom stereocenters. The van der Waals surface area contributed by atoms with Gasteiger partial charge in [-0.3, -0.25) is 0 Å². The van der Waals surface area contributed by atoms with Gasteiger partial charge in [0, 0.05) is 12.3 Å². The molecule has 1 heterocycles. The molecule has 5 heteroatoms. The second kappa shape index (κ2) is 2.95. The number of hydrogen-bond acceptors (Lipinski definition) is 3. The molecule has 0 aromatic heterocycles. The first-order chi connectivity index (χ1) is 6.59. The number of sulfonamides is 1. The number of benzene rings is 1. The van der Waals surface area contributed by atoms with Crippen LogP contribution in [0.3, 0.4) is 0 Å². The van der Waals surface area contributed by atoms with Gasteiger partial charge in [-0.15, -0.1) is 0 Å². The molecular weight excluding hydrogens is 202 g/mol. The van der Waals surface area contributed by atoms with Crippen molar-refractivity contribution in [1.29, 1.82) is 0 Å². The molecule has 4 nitrogen and oxygen atoms in total. The topological polar surface area (TPSA) is 66.7 Å². The van der Waals surface area contributed by atoms with Crippen LogP contribution in [0, 0.1) is 0 Å². The molecule has 0 fully saturated rings. The van der Waals surface area contributed by atoms with E-state index in [1.165, 1.54) is 24.4 Å². The van der Waals surface area contributed by atoms with E-state index in [1.54, 1.807) is 12.2 Å². The first kappa shape index (κ1) is 8.96. The molecule has 14 heavy (non-hydrogen) atoms. The molecule has 0 amide bonds. The van der Waals surface area contributed by atoms with Gasteiger partial charge >= 0.3 is 0 Å². The zero-order valence-corrected chi connectivity index (χ0v) is 7.90. The fourth-order valence-corrected chi connectivity index (χ4v) is 2.25. The van der Waals surface area contributed by atoms with Crippen LogP contribution in [-0.4, -0.2) is 19.7 Å². The van der Waals surface area contributed by atoms with Crippen molar-refractivity contribution in [1.82, 2.24) is 0 Å². The highest BCUT2D eigenvalue weighted by molar-refractivity contribution is 7.90. The molecule has 0 spiro atoms. The van der Waals surface area contributed by atoms with E-state index in [2.05, 4.69) is 4.40 Å². The summed E-state index contributed by atoms with van der Waals surface area (Å²) in [6.07, 6.45) is 4.38. The average Bonchev–Trinajstić information content (AvgIpc) is 2.26. The van der Waals surface area contributed by atoms with Crippen LogP contribution in [0.5, 0.6) is 5.75 Å². The van der Waals surface area contributed by atoms with Crippen LogP contribution in [0.4, 0.5) is 0 Å². The normalized spacial score (nSPS) is 17.4. The summed E-state index contributed by atoms with van der Waals surface area (Å²) in [4.78, 5) is 0.0301. The predicted octanol–water partition coefficient (Wildman–Crippen LogP) is 1.18. The molecule has 2 rings (SSSR count). The van der Waals surface area contributed by atoms with Gasteiger partial charge in [0.15, 0.2) is 0 Å². The van der Waals surface area contributed by atoms with Gasteiger partial charge in [0.1, 0.15) is 10.6 Å². The Balaban J connectivity index is 2.80. The largest absolute Gasteiger partial charge is 0.508 e. The van der Waals surface area contributed by atoms with E-state index < -0.39 is 10.0 Å². The lowest BCUT2D eigenvalue weighted by atomic mass is 10.2. The second-order valence-corrected chi connectivity index (χ2v) is 4.41. The number of fused-ring (bicyclic) bond motifs is 1. The number of rotatable bonds is 0. The smallest absolute Gasteiger partial charge is 0.283 e. The highest BCUT2D eigenvalue weighted by Gasteiger charge is 2.17. The third-order valence-corrected chi connectivity index (χ3v) is 3.15. The number of allylic oxidation sites excluding steroid dienone is 1. The van der Waals surface area contributed by atoms with E-state index in [0.717, 1.165) is 0 Å². The summed E-state index contributed by atoms with van der Waals surface area (Å²) in [6, 6.07) is 4.16. The maximum atomic E-state index is 11.5. The molecule has 0 aliphatic carbocycles. The summed E-state index contributed by atoms with van der Waals surface area (Å²) in [5.41, 5.74) is 0.528. The summed E-state index contributed by atoms with van der Waals surface area (Å²) in [5.74, 6) is -0.0853. The SMILES string of the molecule is O=S1(=O)N=CC=Cc2ccc(O)cc21. The fourth-order valence-electron chi connectivity index (χ4n) is 1.20. The van der Waals surface area contributed by atoms with E-state index in [9.17, 15) is 13.5 Å². The lowest BCUT2D eigenvalue weighted by molar-refractivity contribution is 0.473. The predicted molar refractivity (Wildman–Crippen MR) is 52.8 cm³/mol. The van der Waals surface area contributed by atoms with Crippen molar-refractivity contribution in [3.63, 3.8) is 0 Å². The fraction of sp³-hybridized carbons (Fsp3) is 0. The summed E-state index contributed by atoms with van der Waals surface area (Å²) in [5, 5.41) is 9.17. The Hall–Kier alpha value is -1.62. The molecule has 1 aliphatic heterocycles. The average molecular weight is 209 g/mol. The van der Waals surface area contributed by atoms with Gasteiger partial charge in [-0.1, -0.05) is 6.08 Å². The van der Waals surface area contributed by atoms with Gasteiger partial charge in [0.2, 0.25) is 0 Å². The van der Waals surface area contributed by atoms with Crippen LogP contribution in [0.2, 0.25) is 0 Å². The van der Waals surface area contributed by atoms with Crippen LogP contribution in [0.1, 0.15) is 5.56 Å². The van der Waals surface area contributed by atoms with Crippen LogP contribution in [0.25, 0.3) is 6.08 Å². The van der Waals surface area contributed by atoms with Crippen molar-refractivity contribution in [2.24, 2.45) is 4.40 Å². The Bertz CT molecular complexity index is 529. The number of aromatic hydroxyl groups is 1. The third kappa shape index (κ3) is 1.42. The summed E-state index contributed by atoms with van der Waals surface area (Å²) >= 11 is 0. The Morgan fingerprint density at radius 1 is 1.29 bits per heavy atom. The van der Waals surface area contributed by atoms with Crippen molar-refractivity contribution >= 4 is 22.3 Å². The third-order valence-electron chi connectivity index (χ3n) is 1.84. The number of nitrogens with zero attached hydrogens (tertiary/aromatic N) is 1. The molecule has 1 aliphatic rings. The lowest BCUT2D eigenvalue weighted by Gasteiger charge is -2.02. The van der Waals surface area contributed by atoms with Gasteiger partial charge in [0.25, 0.3) is 10.0 Å². The minimum absolute atomic E-state index is 0.0301. The Kier molecular flexibility index (Phi) is 1.89. The molecule has 0 bridgehead atoms. The van der Waals surface area contributed by atoms with Crippen LogP contribution < -0.4 is 0 Å². The first-order valence-corrected chi connectivity index (χ1v) is 5.34. The molecule has 0 saturated heterocycles. The molecule has 0 unspecified atom stereocenters. The van der Waals surface area contributed by atoms with Crippen molar-refractivity contribution in [2.45, 2.75) is 4.90 Å². The Labute approximate surface area is 81.3 Å². The van der Waals surface area contributed by atoms with Crippen LogP contribution in [0.15, 0.2) is 33.6 Å². The number of hydrogen-bond donors (Lipinski definition) is 1. The highest BCUT2D eigenvalue weighted by atomic mass is 32.2. The zero-order chi connectivity index (χ0) is 10.2. The van der Waals surface area contributed by atoms with Gasteiger partial charge in [-0.05, 0) is 23.8 Å². The van der Waals surface area contributed by atoms with Crippen LogP contribution >= 0.6 is 0 Å². The van der Waals surface area contributed by atoms with E-state index in [0.29, 0.717) is 5.56 Å². The molecule has 1 aromatic carbocycles. The molecule has 0 radical (unpaired) electrons. The molecular formula is C9H7NO3S. The maximum Gasteiger partial charge on any atom is 0.283 e. The van der Waals surface area contributed by atoms with Gasteiger partial charge in [0.05, 0.1) is 0 Å². The summed E-state index contributed by atoms with van der Waals surface area (Å²) in [6.45, 7) is 0. The van der Waals surface area contributed by atoms with Gasteiger partial charge < -0.3 is 5.11 Å². The van der Waals surface area contributed by atoms with Crippen molar-refractivity contribution in [3.05, 3.63) is 29.8 Å². The van der Waals surface area contributed by atoms with Gasteiger partial charge in [-0.2, -0.15) is 12.8 Å². The molecule has 0 saturated carbocycles. The lowest BCUT2D eigenvalue weighted by Crippen LogP contribution is -1.97.